The Bertz CT molecular complexity index is 553. The van der Waals surface area contributed by atoms with Crippen LogP contribution in [0.5, 0.6) is 0 Å². The number of aryl methyl sites for hydroxylation is 1. The lowest BCUT2D eigenvalue weighted by Crippen LogP contribution is -2.04. The predicted molar refractivity (Wildman–Crippen MR) is 78.5 cm³/mol. The number of benzene rings is 1. The topological polar surface area (TPSA) is 75.9 Å². The maximum Gasteiger partial charge on any atom is 0.136 e. The lowest BCUT2D eigenvalue weighted by molar-refractivity contribution is 1.04. The van der Waals surface area contributed by atoms with E-state index in [2.05, 4.69) is 20.6 Å². The molecule has 0 amide bonds. The van der Waals surface area contributed by atoms with E-state index in [9.17, 15) is 0 Å². The largest absolute Gasteiger partial charge is 0.370 e. The molecule has 0 saturated heterocycles. The minimum Gasteiger partial charge on any atom is -0.370 e. The van der Waals surface area contributed by atoms with Crippen LogP contribution in [0.4, 0.5) is 17.3 Å². The zero-order valence-electron chi connectivity index (χ0n) is 11.3. The smallest absolute Gasteiger partial charge is 0.136 e. The molecule has 0 spiro atoms. The van der Waals surface area contributed by atoms with Gasteiger partial charge < -0.3 is 16.4 Å². The fraction of sp³-hybridized carbons (Fsp3) is 0.286. The molecular weight excluding hydrogens is 238 g/mol. The highest BCUT2D eigenvalue weighted by Gasteiger charge is 2.02. The van der Waals surface area contributed by atoms with Crippen LogP contribution in [0, 0.1) is 6.92 Å². The summed E-state index contributed by atoms with van der Waals surface area (Å²) in [4.78, 5) is 8.69. The van der Waals surface area contributed by atoms with Crippen molar-refractivity contribution in [3.8, 4) is 0 Å². The summed E-state index contributed by atoms with van der Waals surface area (Å²) in [6, 6.07) is 9.88. The molecule has 2 aromatic rings. The number of hydrogen-bond acceptors (Lipinski definition) is 5. The minimum absolute atomic E-state index is 0.529. The van der Waals surface area contributed by atoms with Crippen molar-refractivity contribution in [3.05, 3.63) is 41.7 Å². The van der Waals surface area contributed by atoms with Crippen LogP contribution in [0.2, 0.25) is 0 Å². The third-order valence-corrected chi connectivity index (χ3v) is 2.63. The molecule has 4 N–H and O–H groups in total. The second-order valence-corrected chi connectivity index (χ2v) is 4.25. The van der Waals surface area contributed by atoms with E-state index in [0.717, 1.165) is 35.3 Å². The van der Waals surface area contributed by atoms with E-state index in [1.54, 1.807) is 0 Å². The molecule has 100 valence electrons. The van der Waals surface area contributed by atoms with Gasteiger partial charge in [0.25, 0.3) is 0 Å². The van der Waals surface area contributed by atoms with Gasteiger partial charge in [0.05, 0.1) is 0 Å². The maximum atomic E-state index is 5.64. The van der Waals surface area contributed by atoms with Crippen LogP contribution in [0.15, 0.2) is 30.3 Å². The molecular formula is C14H19N5. The summed E-state index contributed by atoms with van der Waals surface area (Å²) in [6.07, 6.45) is 0. The lowest BCUT2D eigenvalue weighted by atomic mass is 10.2. The van der Waals surface area contributed by atoms with Gasteiger partial charge in [-0.3, -0.25) is 0 Å². The first-order chi connectivity index (χ1) is 9.21. The Kier molecular flexibility index (Phi) is 4.30. The van der Waals surface area contributed by atoms with E-state index >= 15 is 0 Å². The summed E-state index contributed by atoms with van der Waals surface area (Å²) in [5, 5.41) is 6.46. The molecule has 0 radical (unpaired) electrons. The number of aromatic nitrogens is 2. The molecule has 1 aromatic heterocycles. The molecule has 5 heteroatoms. The van der Waals surface area contributed by atoms with Crippen LogP contribution in [-0.2, 0) is 6.54 Å². The van der Waals surface area contributed by atoms with Crippen LogP contribution in [0.25, 0.3) is 0 Å². The van der Waals surface area contributed by atoms with Gasteiger partial charge in [0, 0.05) is 24.8 Å². The van der Waals surface area contributed by atoms with Crippen molar-refractivity contribution in [1.29, 1.82) is 0 Å². The Morgan fingerprint density at radius 1 is 1.16 bits per heavy atom. The Morgan fingerprint density at radius 3 is 2.68 bits per heavy atom. The Balaban J connectivity index is 2.22. The summed E-state index contributed by atoms with van der Waals surface area (Å²) < 4.78 is 0. The summed E-state index contributed by atoms with van der Waals surface area (Å²) in [5.74, 6) is 2.33. The highest BCUT2D eigenvalue weighted by atomic mass is 15.1. The molecule has 0 fully saturated rings. The summed E-state index contributed by atoms with van der Waals surface area (Å²) >= 11 is 0. The summed E-state index contributed by atoms with van der Waals surface area (Å²) in [6.45, 7) is 5.27. The quantitative estimate of drug-likeness (QED) is 0.767. The van der Waals surface area contributed by atoms with Gasteiger partial charge in [-0.2, -0.15) is 0 Å². The molecule has 0 aliphatic rings. The average molecular weight is 257 g/mol. The van der Waals surface area contributed by atoms with E-state index in [0.29, 0.717) is 6.54 Å². The molecule has 2 rings (SSSR count). The van der Waals surface area contributed by atoms with Crippen molar-refractivity contribution in [3.63, 3.8) is 0 Å². The van der Waals surface area contributed by atoms with E-state index in [1.165, 1.54) is 0 Å². The van der Waals surface area contributed by atoms with Crippen molar-refractivity contribution in [2.75, 3.05) is 17.2 Å². The average Bonchev–Trinajstić information content (AvgIpc) is 2.38. The Labute approximate surface area is 113 Å². The monoisotopic (exact) mass is 257 g/mol. The highest BCUT2D eigenvalue weighted by Crippen LogP contribution is 2.18. The third-order valence-electron chi connectivity index (χ3n) is 2.63. The van der Waals surface area contributed by atoms with Crippen molar-refractivity contribution >= 4 is 17.3 Å². The number of hydrogen-bond donors (Lipinski definition) is 3. The number of nitrogens with one attached hydrogen (secondary N) is 2. The number of nitrogens with two attached hydrogens (primary N) is 1. The molecule has 0 unspecified atom stereocenters. The van der Waals surface area contributed by atoms with Crippen LogP contribution < -0.4 is 16.4 Å². The Morgan fingerprint density at radius 2 is 1.95 bits per heavy atom. The molecule has 0 bridgehead atoms. The van der Waals surface area contributed by atoms with Crippen LogP contribution in [0.1, 0.15) is 18.3 Å². The first-order valence-electron chi connectivity index (χ1n) is 6.37. The highest BCUT2D eigenvalue weighted by molar-refractivity contribution is 5.59. The number of rotatable bonds is 5. The molecule has 1 heterocycles. The lowest BCUT2D eigenvalue weighted by Gasteiger charge is -2.10. The zero-order valence-corrected chi connectivity index (χ0v) is 11.3. The van der Waals surface area contributed by atoms with E-state index < -0.39 is 0 Å². The van der Waals surface area contributed by atoms with Gasteiger partial charge in [-0.25, -0.2) is 9.97 Å². The van der Waals surface area contributed by atoms with Crippen molar-refractivity contribution in [2.45, 2.75) is 20.4 Å². The fourth-order valence-corrected chi connectivity index (χ4v) is 1.83. The third kappa shape index (κ3) is 3.66. The summed E-state index contributed by atoms with van der Waals surface area (Å²) in [7, 11) is 0. The van der Waals surface area contributed by atoms with Crippen LogP contribution in [0.3, 0.4) is 0 Å². The van der Waals surface area contributed by atoms with Crippen LogP contribution >= 0.6 is 0 Å². The van der Waals surface area contributed by atoms with Gasteiger partial charge in [-0.15, -0.1) is 0 Å². The van der Waals surface area contributed by atoms with Crippen molar-refractivity contribution < 1.29 is 0 Å². The number of anilines is 3. The minimum atomic E-state index is 0.529. The molecule has 0 aliphatic heterocycles. The van der Waals surface area contributed by atoms with Gasteiger partial charge in [-0.1, -0.05) is 12.1 Å². The second kappa shape index (κ2) is 6.15. The van der Waals surface area contributed by atoms with Gasteiger partial charge >= 0.3 is 0 Å². The molecule has 0 aliphatic carbocycles. The SMILES string of the molecule is CCNc1cc(Nc2cccc(CN)c2)nc(C)n1. The molecule has 0 saturated carbocycles. The molecule has 19 heavy (non-hydrogen) atoms. The maximum absolute atomic E-state index is 5.64. The van der Waals surface area contributed by atoms with Crippen molar-refractivity contribution in [2.24, 2.45) is 5.73 Å². The van der Waals surface area contributed by atoms with Gasteiger partial charge in [0.2, 0.25) is 0 Å². The van der Waals surface area contributed by atoms with E-state index in [-0.39, 0.29) is 0 Å². The van der Waals surface area contributed by atoms with Crippen LogP contribution in [-0.4, -0.2) is 16.5 Å². The zero-order chi connectivity index (χ0) is 13.7. The van der Waals surface area contributed by atoms with Gasteiger partial charge in [-0.05, 0) is 31.5 Å². The first-order valence-corrected chi connectivity index (χ1v) is 6.37. The Hall–Kier alpha value is -2.14. The van der Waals surface area contributed by atoms with E-state index in [1.807, 2.05) is 44.2 Å². The predicted octanol–water partition coefficient (Wildman–Crippen LogP) is 2.42. The molecule has 5 nitrogen and oxygen atoms in total. The first kappa shape index (κ1) is 13.3. The standard InChI is InChI=1S/C14H19N5/c1-3-16-13-8-14(18-10(2)17-13)19-12-6-4-5-11(7-12)9-15/h4-8H,3,9,15H2,1-2H3,(H2,16,17,18,19). The second-order valence-electron chi connectivity index (χ2n) is 4.25. The van der Waals surface area contributed by atoms with E-state index in [4.69, 9.17) is 5.73 Å². The van der Waals surface area contributed by atoms with Gasteiger partial charge in [0.15, 0.2) is 0 Å². The molecule has 1 aromatic carbocycles. The normalized spacial score (nSPS) is 10.3. The fourth-order valence-electron chi connectivity index (χ4n) is 1.83. The summed E-state index contributed by atoms with van der Waals surface area (Å²) in [5.41, 5.74) is 7.70. The van der Waals surface area contributed by atoms with Crippen molar-refractivity contribution in [1.82, 2.24) is 9.97 Å². The number of nitrogens with zero attached hydrogens (tertiary/aromatic N) is 2. The van der Waals surface area contributed by atoms with Gasteiger partial charge in [0.1, 0.15) is 17.5 Å². The molecule has 0 atom stereocenters.